The van der Waals surface area contributed by atoms with Crippen molar-refractivity contribution in [1.29, 1.82) is 0 Å². The van der Waals surface area contributed by atoms with Crippen molar-refractivity contribution in [1.82, 2.24) is 19.7 Å². The number of oxazole rings is 1. The third-order valence-electron chi connectivity index (χ3n) is 4.85. The molecule has 2 rings (SSSR count). The van der Waals surface area contributed by atoms with Crippen LogP contribution in [0.1, 0.15) is 50.0 Å². The van der Waals surface area contributed by atoms with Crippen molar-refractivity contribution in [3.63, 3.8) is 0 Å². The lowest BCUT2D eigenvalue weighted by Gasteiger charge is -2.36. The summed E-state index contributed by atoms with van der Waals surface area (Å²) in [6, 6.07) is 0. The second-order valence-electron chi connectivity index (χ2n) is 7.53. The van der Waals surface area contributed by atoms with Gasteiger partial charge in [-0.15, -0.1) is 6.58 Å². The highest BCUT2D eigenvalue weighted by Crippen LogP contribution is 2.13. The molecule has 7 heteroatoms. The maximum absolute atomic E-state index is 12.6. The lowest BCUT2D eigenvalue weighted by Crippen LogP contribution is -2.50. The van der Waals surface area contributed by atoms with Gasteiger partial charge >= 0.3 is 0 Å². The Kier molecular flexibility index (Phi) is 8.01. The zero-order chi connectivity index (χ0) is 19.9. The Bertz CT molecular complexity index is 600. The molecular formula is C20H34N4O3. The van der Waals surface area contributed by atoms with E-state index in [1.165, 1.54) is 6.26 Å². The van der Waals surface area contributed by atoms with Crippen LogP contribution in [0, 0.1) is 0 Å². The molecule has 1 amide bonds. The van der Waals surface area contributed by atoms with E-state index in [4.69, 9.17) is 4.42 Å². The normalized spacial score (nSPS) is 18.2. The second kappa shape index (κ2) is 10.0. The number of aliphatic hydroxyl groups is 1. The van der Waals surface area contributed by atoms with E-state index in [1.54, 1.807) is 13.0 Å². The molecule has 1 aliphatic heterocycles. The average molecular weight is 379 g/mol. The molecule has 1 atom stereocenters. The molecule has 152 valence electrons. The van der Waals surface area contributed by atoms with Crippen molar-refractivity contribution < 1.29 is 14.3 Å². The summed E-state index contributed by atoms with van der Waals surface area (Å²) in [4.78, 5) is 23.3. The number of carbonyl (C=O) groups excluding carboxylic acids is 1. The minimum Gasteiger partial charge on any atom is -0.447 e. The SMILES string of the molecule is C=CC(C)(O)CN1CCN(Cc2nc(C(=O)N(CCC)CCC)co2)CC1. The van der Waals surface area contributed by atoms with Crippen molar-refractivity contribution in [2.45, 2.75) is 45.8 Å². The first-order valence-corrected chi connectivity index (χ1v) is 9.93. The van der Waals surface area contributed by atoms with Crippen LogP contribution in [0.4, 0.5) is 0 Å². The van der Waals surface area contributed by atoms with Crippen molar-refractivity contribution in [2.75, 3.05) is 45.8 Å². The Morgan fingerprint density at radius 2 is 1.89 bits per heavy atom. The van der Waals surface area contributed by atoms with Crippen molar-refractivity contribution in [3.05, 3.63) is 30.5 Å². The Balaban J connectivity index is 1.86. The van der Waals surface area contributed by atoms with E-state index < -0.39 is 5.60 Å². The molecule has 0 saturated carbocycles. The van der Waals surface area contributed by atoms with Crippen LogP contribution in [0.3, 0.4) is 0 Å². The summed E-state index contributed by atoms with van der Waals surface area (Å²) in [7, 11) is 0. The maximum atomic E-state index is 12.6. The van der Waals surface area contributed by atoms with Crippen LogP contribution >= 0.6 is 0 Å². The quantitative estimate of drug-likeness (QED) is 0.628. The largest absolute Gasteiger partial charge is 0.447 e. The molecule has 1 aromatic heterocycles. The van der Waals surface area contributed by atoms with E-state index in [9.17, 15) is 9.90 Å². The maximum Gasteiger partial charge on any atom is 0.275 e. The van der Waals surface area contributed by atoms with Crippen LogP contribution in [-0.2, 0) is 6.54 Å². The van der Waals surface area contributed by atoms with Gasteiger partial charge < -0.3 is 14.4 Å². The van der Waals surface area contributed by atoms with Crippen LogP contribution < -0.4 is 0 Å². The average Bonchev–Trinajstić information content (AvgIpc) is 3.11. The van der Waals surface area contributed by atoms with Crippen LogP contribution in [-0.4, -0.2) is 82.1 Å². The number of rotatable bonds is 10. The van der Waals surface area contributed by atoms with E-state index in [0.29, 0.717) is 24.7 Å². The predicted molar refractivity (Wildman–Crippen MR) is 106 cm³/mol. The summed E-state index contributed by atoms with van der Waals surface area (Å²) in [6.07, 6.45) is 4.93. The van der Waals surface area contributed by atoms with Crippen LogP contribution in [0.5, 0.6) is 0 Å². The van der Waals surface area contributed by atoms with Crippen LogP contribution in [0.25, 0.3) is 0 Å². The van der Waals surface area contributed by atoms with Gasteiger partial charge in [0.15, 0.2) is 5.69 Å². The Hall–Kier alpha value is -1.70. The topological polar surface area (TPSA) is 73.1 Å². The molecular weight excluding hydrogens is 344 g/mol. The summed E-state index contributed by atoms with van der Waals surface area (Å²) >= 11 is 0. The third kappa shape index (κ3) is 6.45. The second-order valence-corrected chi connectivity index (χ2v) is 7.53. The van der Waals surface area contributed by atoms with E-state index in [2.05, 4.69) is 35.2 Å². The molecule has 2 heterocycles. The van der Waals surface area contributed by atoms with Gasteiger partial charge in [-0.1, -0.05) is 19.9 Å². The van der Waals surface area contributed by atoms with Crippen molar-refractivity contribution in [3.8, 4) is 0 Å². The molecule has 1 N–H and O–H groups in total. The molecule has 1 saturated heterocycles. The van der Waals surface area contributed by atoms with Gasteiger partial charge in [-0.25, -0.2) is 4.98 Å². The van der Waals surface area contributed by atoms with E-state index in [1.807, 2.05) is 4.90 Å². The number of β-amino-alcohol motifs (C(OH)–C–C–N with tert-alkyl or cyclic N) is 1. The Morgan fingerprint density at radius 1 is 1.30 bits per heavy atom. The smallest absolute Gasteiger partial charge is 0.275 e. The molecule has 1 unspecified atom stereocenters. The number of hydrogen-bond acceptors (Lipinski definition) is 6. The molecule has 0 spiro atoms. The lowest BCUT2D eigenvalue weighted by molar-refractivity contribution is 0.0348. The first-order valence-electron chi connectivity index (χ1n) is 9.93. The van der Waals surface area contributed by atoms with Crippen LogP contribution in [0.15, 0.2) is 23.3 Å². The summed E-state index contributed by atoms with van der Waals surface area (Å²) in [5, 5.41) is 10.1. The van der Waals surface area contributed by atoms with Gasteiger partial charge in [-0.2, -0.15) is 0 Å². The number of hydrogen-bond donors (Lipinski definition) is 1. The van der Waals surface area contributed by atoms with Gasteiger partial charge in [-0.05, 0) is 19.8 Å². The minimum absolute atomic E-state index is 0.0508. The number of aromatic nitrogens is 1. The molecule has 1 fully saturated rings. The zero-order valence-electron chi connectivity index (χ0n) is 17.0. The van der Waals surface area contributed by atoms with Gasteiger partial charge in [0.2, 0.25) is 5.89 Å². The first kappa shape index (κ1) is 21.6. The van der Waals surface area contributed by atoms with Gasteiger partial charge in [0.25, 0.3) is 5.91 Å². The summed E-state index contributed by atoms with van der Waals surface area (Å²) < 4.78 is 5.55. The van der Waals surface area contributed by atoms with Gasteiger partial charge in [0.05, 0.1) is 12.1 Å². The van der Waals surface area contributed by atoms with Gasteiger partial charge in [0.1, 0.15) is 6.26 Å². The van der Waals surface area contributed by atoms with Crippen LogP contribution in [0.2, 0.25) is 0 Å². The molecule has 0 aliphatic carbocycles. The predicted octanol–water partition coefficient (Wildman–Crippen LogP) is 1.99. The van der Waals surface area contributed by atoms with Crippen molar-refractivity contribution >= 4 is 5.91 Å². The third-order valence-corrected chi connectivity index (χ3v) is 4.85. The fraction of sp³-hybridized carbons (Fsp3) is 0.700. The molecule has 27 heavy (non-hydrogen) atoms. The van der Waals surface area contributed by atoms with Gasteiger partial charge in [-0.3, -0.25) is 14.6 Å². The molecule has 7 nitrogen and oxygen atoms in total. The van der Waals surface area contributed by atoms with E-state index in [0.717, 1.165) is 52.1 Å². The lowest BCUT2D eigenvalue weighted by atomic mass is 10.1. The molecule has 1 aliphatic rings. The highest BCUT2D eigenvalue weighted by molar-refractivity contribution is 5.91. The highest BCUT2D eigenvalue weighted by Gasteiger charge is 2.25. The minimum atomic E-state index is -0.858. The Morgan fingerprint density at radius 3 is 2.44 bits per heavy atom. The number of carbonyl (C=O) groups is 1. The summed E-state index contributed by atoms with van der Waals surface area (Å²) in [6.45, 7) is 15.8. The van der Waals surface area contributed by atoms with Gasteiger partial charge in [0, 0.05) is 45.8 Å². The zero-order valence-corrected chi connectivity index (χ0v) is 17.0. The van der Waals surface area contributed by atoms with E-state index in [-0.39, 0.29) is 5.91 Å². The van der Waals surface area contributed by atoms with E-state index >= 15 is 0 Å². The first-order chi connectivity index (χ1) is 12.9. The molecule has 0 bridgehead atoms. The molecule has 0 aromatic carbocycles. The molecule has 0 radical (unpaired) electrons. The number of nitrogens with zero attached hydrogens (tertiary/aromatic N) is 4. The monoisotopic (exact) mass is 378 g/mol. The standard InChI is InChI=1S/C20H34N4O3/c1-5-8-24(9-6-2)19(25)17-15-27-18(21-17)14-22-10-12-23(13-11-22)16-20(4,26)7-3/h7,15,26H,3,5-6,8-14,16H2,1-2,4H3. The Labute approximate surface area is 162 Å². The summed E-state index contributed by atoms with van der Waals surface area (Å²) in [5.41, 5.74) is -0.462. The fourth-order valence-corrected chi connectivity index (χ4v) is 3.31. The molecule has 1 aromatic rings. The number of piperazine rings is 1. The number of amides is 1. The fourth-order valence-electron chi connectivity index (χ4n) is 3.31. The van der Waals surface area contributed by atoms with Crippen molar-refractivity contribution in [2.24, 2.45) is 0 Å². The summed E-state index contributed by atoms with van der Waals surface area (Å²) in [5.74, 6) is 0.531. The highest BCUT2D eigenvalue weighted by atomic mass is 16.3.